The van der Waals surface area contributed by atoms with Gasteiger partial charge in [0.2, 0.25) is 0 Å². The van der Waals surface area contributed by atoms with E-state index >= 15 is 0 Å². The number of aromatic nitrogens is 2. The van der Waals surface area contributed by atoms with Gasteiger partial charge >= 0.3 is 0 Å². The number of aliphatic hydroxyl groups is 1. The van der Waals surface area contributed by atoms with Gasteiger partial charge in [-0.15, -0.1) is 10.2 Å². The first-order chi connectivity index (χ1) is 8.54. The van der Waals surface area contributed by atoms with E-state index in [0.29, 0.717) is 17.5 Å². The molecule has 0 amide bonds. The van der Waals surface area contributed by atoms with Gasteiger partial charge in [0.05, 0.1) is 13.2 Å². The van der Waals surface area contributed by atoms with Crippen LogP contribution in [0.25, 0.3) is 0 Å². The van der Waals surface area contributed by atoms with Crippen LogP contribution in [0.15, 0.2) is 0 Å². The lowest BCUT2D eigenvalue weighted by atomic mass is 9.97. The Hall–Kier alpha value is -0.660. The summed E-state index contributed by atoms with van der Waals surface area (Å²) in [6.45, 7) is 2.61. The SMILES string of the molecule is CC1CCC(CO)(NCc2nnc(C(F)F)s2)C1. The maximum atomic E-state index is 12.4. The quantitative estimate of drug-likeness (QED) is 0.865. The molecule has 1 heterocycles. The molecule has 2 rings (SSSR count). The van der Waals surface area contributed by atoms with E-state index in [-0.39, 0.29) is 17.2 Å². The molecule has 0 bridgehead atoms. The fourth-order valence-corrected chi connectivity index (χ4v) is 3.08. The summed E-state index contributed by atoms with van der Waals surface area (Å²) in [6.07, 6.45) is 0.329. The average Bonchev–Trinajstić information content (AvgIpc) is 2.94. The summed E-state index contributed by atoms with van der Waals surface area (Å²) < 4.78 is 24.7. The molecule has 0 radical (unpaired) electrons. The van der Waals surface area contributed by atoms with Gasteiger partial charge in [-0.05, 0) is 25.2 Å². The van der Waals surface area contributed by atoms with Crippen molar-refractivity contribution in [2.45, 2.75) is 44.7 Å². The fraction of sp³-hybridized carbons (Fsp3) is 0.818. The number of nitrogens with one attached hydrogen (secondary N) is 1. The Bertz CT molecular complexity index is 401. The highest BCUT2D eigenvalue weighted by molar-refractivity contribution is 7.11. The van der Waals surface area contributed by atoms with Crippen molar-refractivity contribution in [1.29, 1.82) is 0 Å². The van der Waals surface area contributed by atoms with Crippen molar-refractivity contribution in [2.75, 3.05) is 6.61 Å². The molecule has 7 heteroatoms. The summed E-state index contributed by atoms with van der Waals surface area (Å²) in [7, 11) is 0. The normalized spacial score (nSPS) is 28.2. The van der Waals surface area contributed by atoms with Gasteiger partial charge in [0.15, 0.2) is 5.01 Å². The van der Waals surface area contributed by atoms with Gasteiger partial charge in [0.1, 0.15) is 5.01 Å². The molecule has 2 atom stereocenters. The number of alkyl halides is 2. The number of hydrogen-bond donors (Lipinski definition) is 2. The first-order valence-electron chi connectivity index (χ1n) is 6.01. The van der Waals surface area contributed by atoms with Gasteiger partial charge in [-0.2, -0.15) is 0 Å². The third-order valence-corrected chi connectivity index (χ3v) is 4.37. The first kappa shape index (κ1) is 13.8. The third-order valence-electron chi connectivity index (χ3n) is 3.44. The zero-order valence-electron chi connectivity index (χ0n) is 10.2. The highest BCUT2D eigenvalue weighted by Gasteiger charge is 2.36. The lowest BCUT2D eigenvalue weighted by molar-refractivity contribution is 0.150. The van der Waals surface area contributed by atoms with Gasteiger partial charge in [-0.3, -0.25) is 0 Å². The summed E-state index contributed by atoms with van der Waals surface area (Å²) in [5, 5.41) is 20.2. The summed E-state index contributed by atoms with van der Waals surface area (Å²) in [5.41, 5.74) is -0.282. The Kier molecular flexibility index (Phi) is 4.24. The number of nitrogens with zero attached hydrogens (tertiary/aromatic N) is 2. The number of hydrogen-bond acceptors (Lipinski definition) is 5. The van der Waals surface area contributed by atoms with E-state index in [1.165, 1.54) is 0 Å². The van der Waals surface area contributed by atoms with Crippen molar-refractivity contribution < 1.29 is 13.9 Å². The minimum Gasteiger partial charge on any atom is -0.394 e. The van der Waals surface area contributed by atoms with E-state index in [4.69, 9.17) is 0 Å². The van der Waals surface area contributed by atoms with Crippen molar-refractivity contribution in [1.82, 2.24) is 15.5 Å². The molecule has 2 unspecified atom stereocenters. The van der Waals surface area contributed by atoms with Crippen LogP contribution in [-0.2, 0) is 6.54 Å². The predicted molar refractivity (Wildman–Crippen MR) is 64.5 cm³/mol. The molecule has 4 nitrogen and oxygen atoms in total. The van der Waals surface area contributed by atoms with Crippen LogP contribution in [-0.4, -0.2) is 27.4 Å². The second-order valence-corrected chi connectivity index (χ2v) is 6.07. The van der Waals surface area contributed by atoms with Crippen molar-refractivity contribution >= 4 is 11.3 Å². The number of rotatable bonds is 5. The van der Waals surface area contributed by atoms with Crippen LogP contribution in [0.2, 0.25) is 0 Å². The maximum absolute atomic E-state index is 12.4. The molecule has 0 spiro atoms. The van der Waals surface area contributed by atoms with Crippen molar-refractivity contribution in [2.24, 2.45) is 5.92 Å². The molecule has 0 aliphatic heterocycles. The molecule has 1 aliphatic rings. The summed E-state index contributed by atoms with van der Waals surface area (Å²) in [4.78, 5) is 0. The molecule has 0 aromatic carbocycles. The molecule has 1 aliphatic carbocycles. The molecule has 1 fully saturated rings. The van der Waals surface area contributed by atoms with E-state index in [1.54, 1.807) is 0 Å². The standard InChI is InChI=1S/C11H17F2N3OS/c1-7-2-3-11(4-7,6-17)14-5-8-15-16-10(18-8)9(12)13/h7,9,14,17H,2-6H2,1H3. The van der Waals surface area contributed by atoms with E-state index in [2.05, 4.69) is 22.4 Å². The van der Waals surface area contributed by atoms with Crippen molar-refractivity contribution in [3.05, 3.63) is 10.0 Å². The average molecular weight is 277 g/mol. The van der Waals surface area contributed by atoms with Crippen LogP contribution < -0.4 is 5.32 Å². The third kappa shape index (κ3) is 3.02. The molecule has 102 valence electrons. The second kappa shape index (κ2) is 5.54. The van der Waals surface area contributed by atoms with Gasteiger partial charge in [0, 0.05) is 5.54 Å². The monoisotopic (exact) mass is 277 g/mol. The lowest BCUT2D eigenvalue weighted by Gasteiger charge is -2.28. The highest BCUT2D eigenvalue weighted by atomic mass is 32.1. The van der Waals surface area contributed by atoms with Crippen molar-refractivity contribution in [3.8, 4) is 0 Å². The minimum absolute atomic E-state index is 0.0673. The Morgan fingerprint density at radius 2 is 2.33 bits per heavy atom. The Labute approximate surface area is 108 Å². The number of halogens is 2. The van der Waals surface area contributed by atoms with Crippen LogP contribution >= 0.6 is 11.3 Å². The van der Waals surface area contributed by atoms with Crippen LogP contribution in [0.3, 0.4) is 0 Å². The van der Waals surface area contributed by atoms with E-state index in [1.807, 2.05) is 0 Å². The molecular weight excluding hydrogens is 260 g/mol. The molecule has 1 aromatic heterocycles. The van der Waals surface area contributed by atoms with E-state index < -0.39 is 6.43 Å². The van der Waals surface area contributed by atoms with Gasteiger partial charge in [-0.1, -0.05) is 18.3 Å². The van der Waals surface area contributed by atoms with Gasteiger partial charge < -0.3 is 10.4 Å². The Balaban J connectivity index is 1.93. The van der Waals surface area contributed by atoms with Gasteiger partial charge in [0.25, 0.3) is 6.43 Å². The molecule has 0 saturated heterocycles. The smallest absolute Gasteiger partial charge is 0.291 e. The fourth-order valence-electron chi connectivity index (χ4n) is 2.44. The zero-order valence-corrected chi connectivity index (χ0v) is 11.0. The highest BCUT2D eigenvalue weighted by Crippen LogP contribution is 2.34. The largest absolute Gasteiger partial charge is 0.394 e. The molecule has 1 saturated carbocycles. The van der Waals surface area contributed by atoms with Crippen LogP contribution in [0, 0.1) is 5.92 Å². The first-order valence-corrected chi connectivity index (χ1v) is 6.82. The number of aliphatic hydroxyl groups excluding tert-OH is 1. The predicted octanol–water partition coefficient (Wildman–Crippen LogP) is 2.12. The second-order valence-electron chi connectivity index (χ2n) is 4.97. The summed E-state index contributed by atoms with van der Waals surface area (Å²) in [6, 6.07) is 0. The maximum Gasteiger partial charge on any atom is 0.291 e. The molecule has 2 N–H and O–H groups in total. The van der Waals surface area contributed by atoms with Crippen LogP contribution in [0.5, 0.6) is 0 Å². The van der Waals surface area contributed by atoms with Crippen LogP contribution in [0.1, 0.15) is 42.6 Å². The molecular formula is C11H17F2N3OS. The molecule has 18 heavy (non-hydrogen) atoms. The summed E-state index contributed by atoms with van der Waals surface area (Å²) >= 11 is 0.918. The molecule has 1 aromatic rings. The Morgan fingerprint density at radius 1 is 1.56 bits per heavy atom. The zero-order chi connectivity index (χ0) is 13.2. The van der Waals surface area contributed by atoms with Crippen molar-refractivity contribution in [3.63, 3.8) is 0 Å². The lowest BCUT2D eigenvalue weighted by Crippen LogP contribution is -2.45. The summed E-state index contributed by atoms with van der Waals surface area (Å²) in [5.74, 6) is 0.579. The van der Waals surface area contributed by atoms with E-state index in [9.17, 15) is 13.9 Å². The minimum atomic E-state index is -2.56. The van der Waals surface area contributed by atoms with Crippen LogP contribution in [0.4, 0.5) is 8.78 Å². The van der Waals surface area contributed by atoms with E-state index in [0.717, 1.165) is 30.6 Å². The Morgan fingerprint density at radius 3 is 2.83 bits per heavy atom. The van der Waals surface area contributed by atoms with Gasteiger partial charge in [-0.25, -0.2) is 8.78 Å². The topological polar surface area (TPSA) is 58.0 Å².